The first-order chi connectivity index (χ1) is 11.4. The maximum absolute atomic E-state index is 13.3. The number of nitro groups is 1. The third kappa shape index (κ3) is 4.01. The van der Waals surface area contributed by atoms with Crippen LogP contribution in [0.1, 0.15) is 12.5 Å². The molecule has 0 unspecified atom stereocenters. The van der Waals surface area contributed by atoms with Gasteiger partial charge in [-0.05, 0) is 42.8 Å². The number of likely N-dealkylation sites (N-methyl/N-ethyl adjacent to an activating group) is 1. The van der Waals surface area contributed by atoms with Crippen LogP contribution in [0.4, 0.5) is 20.2 Å². The maximum atomic E-state index is 13.3. The number of non-ortho nitro benzene ring substituents is 1. The van der Waals surface area contributed by atoms with Crippen molar-refractivity contribution in [3.05, 3.63) is 75.9 Å². The fourth-order valence-electron chi connectivity index (χ4n) is 2.08. The quantitative estimate of drug-likeness (QED) is 0.473. The average molecular weight is 332 g/mol. The van der Waals surface area contributed by atoms with Gasteiger partial charge in [-0.2, -0.15) is 0 Å². The van der Waals surface area contributed by atoms with Crippen LogP contribution in [0.15, 0.2) is 48.5 Å². The number of carbonyl (C=O) groups excluding carboxylic acids is 1. The summed E-state index contributed by atoms with van der Waals surface area (Å²) in [5, 5.41) is 10.6. The zero-order valence-corrected chi connectivity index (χ0v) is 12.8. The van der Waals surface area contributed by atoms with Gasteiger partial charge in [0.1, 0.15) is 0 Å². The molecule has 2 rings (SSSR count). The molecular weight excluding hydrogens is 318 g/mol. The molecule has 0 heterocycles. The SMILES string of the molecule is CCN(C(=O)/C=C/c1ccc([N+](=O)[O-])cc1)c1ccc(F)c(F)c1. The second-order valence-electron chi connectivity index (χ2n) is 4.86. The molecule has 0 atom stereocenters. The number of nitro benzene ring substituents is 1. The van der Waals surface area contributed by atoms with Gasteiger partial charge in [0.15, 0.2) is 11.6 Å². The standard InChI is InChI=1S/C17H14F2N2O3/c1-2-20(14-8-9-15(18)16(19)11-14)17(22)10-5-12-3-6-13(7-4-12)21(23)24/h3-11H,2H2,1H3/b10-5+. The van der Waals surface area contributed by atoms with Crippen molar-refractivity contribution in [2.75, 3.05) is 11.4 Å². The number of benzene rings is 2. The Bertz CT molecular complexity index is 789. The van der Waals surface area contributed by atoms with Crippen LogP contribution in [0.2, 0.25) is 0 Å². The number of carbonyl (C=O) groups is 1. The largest absolute Gasteiger partial charge is 0.309 e. The van der Waals surface area contributed by atoms with Gasteiger partial charge in [0, 0.05) is 36.5 Å². The number of hydrogen-bond acceptors (Lipinski definition) is 3. The predicted molar refractivity (Wildman–Crippen MR) is 86.5 cm³/mol. The zero-order valence-electron chi connectivity index (χ0n) is 12.8. The Hall–Kier alpha value is -3.09. The summed E-state index contributed by atoms with van der Waals surface area (Å²) >= 11 is 0. The van der Waals surface area contributed by atoms with Gasteiger partial charge in [-0.3, -0.25) is 14.9 Å². The van der Waals surface area contributed by atoms with Crippen LogP contribution >= 0.6 is 0 Å². The second kappa shape index (κ2) is 7.45. The Balaban J connectivity index is 2.16. The minimum atomic E-state index is -1.03. The Morgan fingerprint density at radius 2 is 1.83 bits per heavy atom. The average Bonchev–Trinajstić information content (AvgIpc) is 2.57. The van der Waals surface area contributed by atoms with Crippen molar-refractivity contribution in [1.82, 2.24) is 0 Å². The van der Waals surface area contributed by atoms with Crippen molar-refractivity contribution in [3.63, 3.8) is 0 Å². The number of halogens is 2. The summed E-state index contributed by atoms with van der Waals surface area (Å²) in [6.07, 6.45) is 2.76. The lowest BCUT2D eigenvalue weighted by Gasteiger charge is -2.19. The third-order valence-corrected chi connectivity index (χ3v) is 3.32. The van der Waals surface area contributed by atoms with Crippen LogP contribution in [0.25, 0.3) is 6.08 Å². The summed E-state index contributed by atoms with van der Waals surface area (Å²) < 4.78 is 26.3. The van der Waals surface area contributed by atoms with E-state index < -0.39 is 22.5 Å². The Morgan fingerprint density at radius 1 is 1.17 bits per heavy atom. The topological polar surface area (TPSA) is 63.5 Å². The van der Waals surface area contributed by atoms with Gasteiger partial charge < -0.3 is 4.90 Å². The summed E-state index contributed by atoms with van der Waals surface area (Å²) in [5.41, 5.74) is 0.806. The lowest BCUT2D eigenvalue weighted by atomic mass is 10.2. The van der Waals surface area contributed by atoms with Crippen LogP contribution in [-0.2, 0) is 4.79 Å². The lowest BCUT2D eigenvalue weighted by Crippen LogP contribution is -2.28. The molecule has 2 aromatic carbocycles. The number of hydrogen-bond donors (Lipinski definition) is 0. The van der Waals surface area contributed by atoms with Crippen molar-refractivity contribution in [2.45, 2.75) is 6.92 Å². The van der Waals surface area contributed by atoms with Gasteiger partial charge in [0.2, 0.25) is 0 Å². The highest BCUT2D eigenvalue weighted by Crippen LogP contribution is 2.19. The van der Waals surface area contributed by atoms with Gasteiger partial charge in [0.25, 0.3) is 11.6 Å². The summed E-state index contributed by atoms with van der Waals surface area (Å²) in [5.74, 6) is -2.43. The van der Waals surface area contributed by atoms with Crippen molar-refractivity contribution in [3.8, 4) is 0 Å². The molecule has 0 aromatic heterocycles. The lowest BCUT2D eigenvalue weighted by molar-refractivity contribution is -0.384. The molecule has 7 heteroatoms. The fourth-order valence-corrected chi connectivity index (χ4v) is 2.08. The van der Waals surface area contributed by atoms with E-state index in [1.54, 1.807) is 6.92 Å². The van der Waals surface area contributed by atoms with E-state index in [4.69, 9.17) is 0 Å². The van der Waals surface area contributed by atoms with E-state index in [1.165, 1.54) is 47.4 Å². The minimum Gasteiger partial charge on any atom is -0.309 e. The molecule has 0 spiro atoms. The van der Waals surface area contributed by atoms with Crippen LogP contribution in [0, 0.1) is 21.7 Å². The predicted octanol–water partition coefficient (Wildman–Crippen LogP) is 3.94. The van der Waals surface area contributed by atoms with Crippen LogP contribution in [-0.4, -0.2) is 17.4 Å². The van der Waals surface area contributed by atoms with E-state index in [9.17, 15) is 23.7 Å². The monoisotopic (exact) mass is 332 g/mol. The smallest absolute Gasteiger partial charge is 0.269 e. The van der Waals surface area contributed by atoms with Crippen LogP contribution < -0.4 is 4.90 Å². The molecular formula is C17H14F2N2O3. The number of amides is 1. The Morgan fingerprint density at radius 3 is 2.38 bits per heavy atom. The molecule has 0 saturated carbocycles. The van der Waals surface area contributed by atoms with Gasteiger partial charge >= 0.3 is 0 Å². The van der Waals surface area contributed by atoms with E-state index in [2.05, 4.69) is 0 Å². The fraction of sp³-hybridized carbons (Fsp3) is 0.118. The first-order valence-electron chi connectivity index (χ1n) is 7.11. The molecule has 0 N–H and O–H groups in total. The highest BCUT2D eigenvalue weighted by atomic mass is 19.2. The van der Waals surface area contributed by atoms with Gasteiger partial charge in [-0.15, -0.1) is 0 Å². The molecule has 24 heavy (non-hydrogen) atoms. The Labute approximate surface area is 137 Å². The van der Waals surface area contributed by atoms with E-state index in [1.807, 2.05) is 0 Å². The molecule has 0 radical (unpaired) electrons. The van der Waals surface area contributed by atoms with Crippen molar-refractivity contribution >= 4 is 23.4 Å². The van der Waals surface area contributed by atoms with Crippen molar-refractivity contribution < 1.29 is 18.5 Å². The highest BCUT2D eigenvalue weighted by molar-refractivity contribution is 6.03. The van der Waals surface area contributed by atoms with Gasteiger partial charge in [-0.25, -0.2) is 8.78 Å². The molecule has 0 fully saturated rings. The van der Waals surface area contributed by atoms with E-state index >= 15 is 0 Å². The first kappa shape index (κ1) is 17.3. The number of anilines is 1. The molecule has 2 aromatic rings. The Kier molecular flexibility index (Phi) is 5.36. The normalized spacial score (nSPS) is 10.8. The molecule has 124 valence electrons. The molecule has 0 bridgehead atoms. The molecule has 5 nitrogen and oxygen atoms in total. The third-order valence-electron chi connectivity index (χ3n) is 3.32. The summed E-state index contributed by atoms with van der Waals surface area (Å²) in [4.78, 5) is 23.6. The van der Waals surface area contributed by atoms with Crippen LogP contribution in [0.5, 0.6) is 0 Å². The summed E-state index contributed by atoms with van der Waals surface area (Å²) in [6.45, 7) is 1.98. The van der Waals surface area contributed by atoms with Crippen molar-refractivity contribution in [1.29, 1.82) is 0 Å². The minimum absolute atomic E-state index is 0.0459. The summed E-state index contributed by atoms with van der Waals surface area (Å²) in [7, 11) is 0. The molecule has 1 amide bonds. The molecule has 0 aliphatic carbocycles. The van der Waals surface area contributed by atoms with Crippen molar-refractivity contribution in [2.24, 2.45) is 0 Å². The van der Waals surface area contributed by atoms with E-state index in [0.717, 1.165) is 12.1 Å². The summed E-state index contributed by atoms with van der Waals surface area (Å²) in [6, 6.07) is 8.91. The van der Waals surface area contributed by atoms with Crippen LogP contribution in [0.3, 0.4) is 0 Å². The van der Waals surface area contributed by atoms with E-state index in [0.29, 0.717) is 5.56 Å². The molecule has 0 saturated heterocycles. The zero-order chi connectivity index (χ0) is 17.7. The number of nitrogens with zero attached hydrogens (tertiary/aromatic N) is 2. The highest BCUT2D eigenvalue weighted by Gasteiger charge is 2.13. The van der Waals surface area contributed by atoms with Gasteiger partial charge in [0.05, 0.1) is 4.92 Å². The van der Waals surface area contributed by atoms with Gasteiger partial charge in [-0.1, -0.05) is 0 Å². The van der Waals surface area contributed by atoms with E-state index in [-0.39, 0.29) is 17.9 Å². The first-order valence-corrected chi connectivity index (χ1v) is 7.11. The number of rotatable bonds is 5. The second-order valence-corrected chi connectivity index (χ2v) is 4.86. The molecule has 0 aliphatic rings. The maximum Gasteiger partial charge on any atom is 0.269 e. The molecule has 0 aliphatic heterocycles.